The number of ether oxygens (including phenoxy) is 1. The maximum Gasteiger partial charge on any atom is 0.124 e. The third-order valence-electron chi connectivity index (χ3n) is 3.08. The smallest absolute Gasteiger partial charge is 0.124 e. The van der Waals surface area contributed by atoms with E-state index in [0.29, 0.717) is 0 Å². The number of aromatic nitrogens is 2. The number of aryl methyl sites for hydroxylation is 1. The Morgan fingerprint density at radius 3 is 2.47 bits per heavy atom. The molecule has 1 heterocycles. The first-order valence-corrected chi connectivity index (χ1v) is 6.19. The second-order valence-corrected chi connectivity index (χ2v) is 4.88. The molecule has 0 unspecified atom stereocenters. The maximum absolute atomic E-state index is 5.42. The molecule has 1 N–H and O–H groups in total. The van der Waals surface area contributed by atoms with Gasteiger partial charge in [-0.25, -0.2) is 4.98 Å². The molecule has 1 aromatic carbocycles. The van der Waals surface area contributed by atoms with Crippen molar-refractivity contribution in [3.05, 3.63) is 33.7 Å². The number of halogens is 1. The zero-order chi connectivity index (χ0) is 12.6. The molecule has 0 atom stereocenters. The highest BCUT2D eigenvalue weighted by Gasteiger charge is 2.15. The van der Waals surface area contributed by atoms with Crippen LogP contribution < -0.4 is 4.74 Å². The molecule has 90 valence electrons. The van der Waals surface area contributed by atoms with Crippen LogP contribution in [0, 0.1) is 20.8 Å². The Bertz CT molecular complexity index is 561. The van der Waals surface area contributed by atoms with Gasteiger partial charge in [0, 0.05) is 5.56 Å². The normalized spacial score (nSPS) is 10.6. The van der Waals surface area contributed by atoms with Gasteiger partial charge in [-0.05, 0) is 59.5 Å². The molecule has 0 bridgehead atoms. The number of imidazole rings is 1. The minimum Gasteiger partial charge on any atom is -0.496 e. The summed E-state index contributed by atoms with van der Waals surface area (Å²) < 4.78 is 6.33. The Labute approximate surface area is 109 Å². The van der Waals surface area contributed by atoms with Gasteiger partial charge in [-0.2, -0.15) is 0 Å². The van der Waals surface area contributed by atoms with Gasteiger partial charge in [-0.3, -0.25) is 0 Å². The highest BCUT2D eigenvalue weighted by molar-refractivity contribution is 9.10. The molecule has 2 rings (SSSR count). The van der Waals surface area contributed by atoms with Gasteiger partial charge < -0.3 is 9.72 Å². The molecule has 2 aromatic rings. The summed E-state index contributed by atoms with van der Waals surface area (Å²) in [5, 5.41) is 0. The molecule has 3 nitrogen and oxygen atoms in total. The van der Waals surface area contributed by atoms with Crippen LogP contribution in [0.3, 0.4) is 0 Å². The van der Waals surface area contributed by atoms with E-state index in [2.05, 4.69) is 52.7 Å². The van der Waals surface area contributed by atoms with Gasteiger partial charge in [-0.15, -0.1) is 0 Å². The van der Waals surface area contributed by atoms with Crippen molar-refractivity contribution in [2.75, 3.05) is 7.11 Å². The van der Waals surface area contributed by atoms with Crippen molar-refractivity contribution < 1.29 is 4.74 Å². The molecule has 0 spiro atoms. The van der Waals surface area contributed by atoms with Crippen LogP contribution in [-0.4, -0.2) is 17.1 Å². The third-order valence-corrected chi connectivity index (χ3v) is 3.68. The lowest BCUT2D eigenvalue weighted by atomic mass is 9.97. The third kappa shape index (κ3) is 1.97. The molecule has 17 heavy (non-hydrogen) atoms. The highest BCUT2D eigenvalue weighted by atomic mass is 79.9. The number of methoxy groups -OCH3 is 1. The second kappa shape index (κ2) is 4.53. The van der Waals surface area contributed by atoms with E-state index < -0.39 is 0 Å². The summed E-state index contributed by atoms with van der Waals surface area (Å²) in [5.74, 6) is 0.956. The fraction of sp³-hybridized carbons (Fsp3) is 0.308. The van der Waals surface area contributed by atoms with Gasteiger partial charge in [0.1, 0.15) is 16.0 Å². The Balaban J connectivity index is 2.69. The number of aromatic amines is 1. The summed E-state index contributed by atoms with van der Waals surface area (Å²) in [6, 6.07) is 2.11. The topological polar surface area (TPSA) is 37.9 Å². The highest BCUT2D eigenvalue weighted by Crippen LogP contribution is 2.35. The van der Waals surface area contributed by atoms with Gasteiger partial charge >= 0.3 is 0 Å². The molecule has 1 aromatic heterocycles. The zero-order valence-electron chi connectivity index (χ0n) is 10.4. The van der Waals surface area contributed by atoms with Crippen molar-refractivity contribution in [3.63, 3.8) is 0 Å². The van der Waals surface area contributed by atoms with E-state index in [1.165, 1.54) is 5.56 Å². The Kier molecular flexibility index (Phi) is 3.24. The van der Waals surface area contributed by atoms with E-state index in [4.69, 9.17) is 4.74 Å². The fourth-order valence-corrected chi connectivity index (χ4v) is 2.50. The number of H-pyrrole nitrogens is 1. The lowest BCUT2D eigenvalue weighted by Crippen LogP contribution is -1.96. The van der Waals surface area contributed by atoms with E-state index in [-0.39, 0.29) is 0 Å². The average molecular weight is 295 g/mol. The lowest BCUT2D eigenvalue weighted by molar-refractivity contribution is 0.408. The van der Waals surface area contributed by atoms with Crippen molar-refractivity contribution in [3.8, 4) is 17.0 Å². The van der Waals surface area contributed by atoms with Crippen molar-refractivity contribution in [2.24, 2.45) is 0 Å². The molecule has 0 amide bonds. The summed E-state index contributed by atoms with van der Waals surface area (Å²) in [7, 11) is 1.71. The molecule has 0 aliphatic heterocycles. The number of hydrogen-bond acceptors (Lipinski definition) is 2. The zero-order valence-corrected chi connectivity index (χ0v) is 12.0. The minimum atomic E-state index is 0.907. The first kappa shape index (κ1) is 12.2. The molecule has 0 saturated carbocycles. The van der Waals surface area contributed by atoms with E-state index in [9.17, 15) is 0 Å². The SMILES string of the molecule is COc1c(C)cc(-c2nc[nH]c2Br)c(C)c1C. The van der Waals surface area contributed by atoms with Crippen molar-refractivity contribution in [1.82, 2.24) is 9.97 Å². The quantitative estimate of drug-likeness (QED) is 0.915. The molecule has 4 heteroatoms. The average Bonchev–Trinajstić information content (AvgIpc) is 2.71. The molecular formula is C13H15BrN2O. The lowest BCUT2D eigenvalue weighted by Gasteiger charge is -2.14. The number of benzene rings is 1. The first-order valence-electron chi connectivity index (χ1n) is 5.40. The first-order chi connectivity index (χ1) is 8.06. The van der Waals surface area contributed by atoms with Crippen LogP contribution in [0.25, 0.3) is 11.3 Å². The van der Waals surface area contributed by atoms with E-state index >= 15 is 0 Å². The molecular weight excluding hydrogens is 280 g/mol. The van der Waals surface area contributed by atoms with Gasteiger partial charge in [0.25, 0.3) is 0 Å². The van der Waals surface area contributed by atoms with Gasteiger partial charge in [0.2, 0.25) is 0 Å². The van der Waals surface area contributed by atoms with E-state index in [0.717, 1.165) is 32.7 Å². The number of hydrogen-bond donors (Lipinski definition) is 1. The molecule has 0 fully saturated rings. The second-order valence-electron chi connectivity index (χ2n) is 4.09. The van der Waals surface area contributed by atoms with Crippen LogP contribution in [0.4, 0.5) is 0 Å². The van der Waals surface area contributed by atoms with Gasteiger partial charge in [-0.1, -0.05) is 0 Å². The number of nitrogens with one attached hydrogen (secondary N) is 1. The summed E-state index contributed by atoms with van der Waals surface area (Å²) in [6.07, 6.45) is 1.69. The number of nitrogens with zero attached hydrogens (tertiary/aromatic N) is 1. The van der Waals surface area contributed by atoms with Crippen molar-refractivity contribution >= 4 is 15.9 Å². The molecule has 0 aliphatic carbocycles. The van der Waals surface area contributed by atoms with Crippen LogP contribution in [-0.2, 0) is 0 Å². The van der Waals surface area contributed by atoms with Crippen molar-refractivity contribution in [1.29, 1.82) is 0 Å². The summed E-state index contributed by atoms with van der Waals surface area (Å²) >= 11 is 3.47. The summed E-state index contributed by atoms with van der Waals surface area (Å²) in [4.78, 5) is 7.38. The minimum absolute atomic E-state index is 0.907. The Morgan fingerprint density at radius 1 is 1.24 bits per heavy atom. The molecule has 0 radical (unpaired) electrons. The Morgan fingerprint density at radius 2 is 1.94 bits per heavy atom. The summed E-state index contributed by atoms with van der Waals surface area (Å²) in [5.41, 5.74) is 5.56. The van der Waals surface area contributed by atoms with Gasteiger partial charge in [0.15, 0.2) is 0 Å². The standard InChI is InChI=1S/C13H15BrN2O/c1-7-5-10(11-13(14)16-6-15-11)8(2)9(3)12(7)17-4/h5-6H,1-4H3,(H,15,16). The van der Waals surface area contributed by atoms with Crippen LogP contribution in [0.1, 0.15) is 16.7 Å². The van der Waals surface area contributed by atoms with Crippen LogP contribution >= 0.6 is 15.9 Å². The van der Waals surface area contributed by atoms with E-state index in [1.807, 2.05) is 0 Å². The van der Waals surface area contributed by atoms with Crippen LogP contribution in [0.5, 0.6) is 5.75 Å². The van der Waals surface area contributed by atoms with Gasteiger partial charge in [0.05, 0.1) is 13.4 Å². The molecule has 0 saturated heterocycles. The largest absolute Gasteiger partial charge is 0.496 e. The maximum atomic E-state index is 5.42. The predicted molar refractivity (Wildman–Crippen MR) is 72.5 cm³/mol. The van der Waals surface area contributed by atoms with E-state index in [1.54, 1.807) is 13.4 Å². The van der Waals surface area contributed by atoms with Crippen LogP contribution in [0.2, 0.25) is 0 Å². The monoisotopic (exact) mass is 294 g/mol. The molecule has 0 aliphatic rings. The Hall–Kier alpha value is -1.29. The number of rotatable bonds is 2. The van der Waals surface area contributed by atoms with Crippen LogP contribution in [0.15, 0.2) is 17.0 Å². The predicted octanol–water partition coefficient (Wildman–Crippen LogP) is 3.77. The van der Waals surface area contributed by atoms with Crippen molar-refractivity contribution in [2.45, 2.75) is 20.8 Å². The fourth-order valence-electron chi connectivity index (χ4n) is 2.08. The summed E-state index contributed by atoms with van der Waals surface area (Å²) in [6.45, 7) is 6.22.